The van der Waals surface area contributed by atoms with E-state index >= 15 is 0 Å². The normalized spacial score (nSPS) is 14.7. The van der Waals surface area contributed by atoms with Gasteiger partial charge in [-0.25, -0.2) is 4.98 Å². The molecule has 20 heavy (non-hydrogen) atoms. The number of hydrogen-bond acceptors (Lipinski definition) is 3. The number of nitrogens with zero attached hydrogens (tertiary/aromatic N) is 2. The van der Waals surface area contributed by atoms with Crippen molar-refractivity contribution in [3.63, 3.8) is 0 Å². The summed E-state index contributed by atoms with van der Waals surface area (Å²) in [7, 11) is 2.14. The monoisotopic (exact) mass is 269 g/mol. The molecule has 2 aromatic rings. The van der Waals surface area contributed by atoms with Crippen LogP contribution in [0.2, 0.25) is 0 Å². The first-order valence-electron chi connectivity index (χ1n) is 7.61. The first kappa shape index (κ1) is 13.4. The summed E-state index contributed by atoms with van der Waals surface area (Å²) < 4.78 is 0. The van der Waals surface area contributed by atoms with Gasteiger partial charge in [0.25, 0.3) is 0 Å². The van der Waals surface area contributed by atoms with Crippen molar-refractivity contribution in [2.45, 2.75) is 38.8 Å². The SMILES string of the molecule is CCCN(C)c1nc2ccccc2cc1CNC1CC1. The van der Waals surface area contributed by atoms with Gasteiger partial charge in [0.1, 0.15) is 5.82 Å². The van der Waals surface area contributed by atoms with Crippen LogP contribution in [0.25, 0.3) is 10.9 Å². The number of aromatic nitrogens is 1. The molecule has 1 aliphatic rings. The van der Waals surface area contributed by atoms with Crippen molar-refractivity contribution in [3.8, 4) is 0 Å². The minimum absolute atomic E-state index is 0.728. The number of rotatable bonds is 6. The highest BCUT2D eigenvalue weighted by atomic mass is 15.2. The molecule has 3 heteroatoms. The third-order valence-corrected chi connectivity index (χ3v) is 3.86. The third kappa shape index (κ3) is 2.93. The fourth-order valence-corrected chi connectivity index (χ4v) is 2.59. The maximum Gasteiger partial charge on any atom is 0.133 e. The summed E-state index contributed by atoms with van der Waals surface area (Å²) in [6.45, 7) is 4.17. The molecule has 1 aliphatic carbocycles. The van der Waals surface area contributed by atoms with E-state index in [2.05, 4.69) is 54.5 Å². The minimum Gasteiger partial charge on any atom is -0.359 e. The highest BCUT2D eigenvalue weighted by molar-refractivity contribution is 5.81. The zero-order valence-electron chi connectivity index (χ0n) is 12.4. The Hall–Kier alpha value is -1.61. The molecule has 1 aromatic heterocycles. The molecule has 0 saturated heterocycles. The molecule has 0 atom stereocenters. The van der Waals surface area contributed by atoms with Gasteiger partial charge in [-0.1, -0.05) is 25.1 Å². The van der Waals surface area contributed by atoms with Crippen molar-refractivity contribution in [3.05, 3.63) is 35.9 Å². The second kappa shape index (κ2) is 5.80. The number of fused-ring (bicyclic) bond motifs is 1. The Labute approximate surface area is 121 Å². The fraction of sp³-hybridized carbons (Fsp3) is 0.471. The van der Waals surface area contributed by atoms with Crippen LogP contribution in [-0.2, 0) is 6.54 Å². The van der Waals surface area contributed by atoms with E-state index in [0.29, 0.717) is 0 Å². The Morgan fingerprint density at radius 1 is 1.30 bits per heavy atom. The first-order chi connectivity index (χ1) is 9.78. The third-order valence-electron chi connectivity index (χ3n) is 3.86. The van der Waals surface area contributed by atoms with Crippen molar-refractivity contribution < 1.29 is 0 Å². The lowest BCUT2D eigenvalue weighted by molar-refractivity contribution is 0.683. The Balaban J connectivity index is 1.95. The van der Waals surface area contributed by atoms with Crippen molar-refractivity contribution in [1.29, 1.82) is 0 Å². The van der Waals surface area contributed by atoms with E-state index in [1.54, 1.807) is 0 Å². The van der Waals surface area contributed by atoms with E-state index < -0.39 is 0 Å². The van der Waals surface area contributed by atoms with E-state index in [-0.39, 0.29) is 0 Å². The second-order valence-corrected chi connectivity index (χ2v) is 5.74. The minimum atomic E-state index is 0.728. The van der Waals surface area contributed by atoms with Crippen LogP contribution in [0.5, 0.6) is 0 Å². The maximum absolute atomic E-state index is 4.88. The van der Waals surface area contributed by atoms with Gasteiger partial charge in [0, 0.05) is 37.1 Å². The summed E-state index contributed by atoms with van der Waals surface area (Å²) in [4.78, 5) is 7.15. The predicted molar refractivity (Wildman–Crippen MR) is 85.2 cm³/mol. The molecule has 106 valence electrons. The lowest BCUT2D eigenvalue weighted by Crippen LogP contribution is -2.23. The van der Waals surface area contributed by atoms with E-state index in [9.17, 15) is 0 Å². The smallest absolute Gasteiger partial charge is 0.133 e. The number of benzene rings is 1. The van der Waals surface area contributed by atoms with Crippen LogP contribution < -0.4 is 10.2 Å². The molecule has 0 radical (unpaired) electrons. The molecule has 0 aliphatic heterocycles. The largest absolute Gasteiger partial charge is 0.359 e. The molecule has 3 rings (SSSR count). The highest BCUT2D eigenvalue weighted by Crippen LogP contribution is 2.25. The molecule has 0 amide bonds. The van der Waals surface area contributed by atoms with Gasteiger partial charge in [-0.2, -0.15) is 0 Å². The number of hydrogen-bond donors (Lipinski definition) is 1. The topological polar surface area (TPSA) is 28.2 Å². The zero-order valence-corrected chi connectivity index (χ0v) is 12.4. The van der Waals surface area contributed by atoms with Gasteiger partial charge in [0.2, 0.25) is 0 Å². The van der Waals surface area contributed by atoms with Crippen molar-refractivity contribution in [2.24, 2.45) is 0 Å². The summed E-state index contributed by atoms with van der Waals surface area (Å²) in [5.74, 6) is 1.12. The Morgan fingerprint density at radius 2 is 2.10 bits per heavy atom. The van der Waals surface area contributed by atoms with E-state index in [1.807, 2.05) is 0 Å². The molecule has 1 N–H and O–H groups in total. The number of nitrogens with one attached hydrogen (secondary N) is 1. The van der Waals surface area contributed by atoms with Crippen LogP contribution in [0.15, 0.2) is 30.3 Å². The van der Waals surface area contributed by atoms with Crippen LogP contribution >= 0.6 is 0 Å². The second-order valence-electron chi connectivity index (χ2n) is 5.74. The van der Waals surface area contributed by atoms with Crippen LogP contribution in [0.1, 0.15) is 31.7 Å². The summed E-state index contributed by atoms with van der Waals surface area (Å²) in [5.41, 5.74) is 2.40. The Kier molecular flexibility index (Phi) is 3.88. The highest BCUT2D eigenvalue weighted by Gasteiger charge is 2.21. The number of para-hydroxylation sites is 1. The van der Waals surface area contributed by atoms with E-state index in [4.69, 9.17) is 4.98 Å². The molecule has 1 saturated carbocycles. The average molecular weight is 269 g/mol. The van der Waals surface area contributed by atoms with Gasteiger partial charge < -0.3 is 10.2 Å². The van der Waals surface area contributed by atoms with Crippen LogP contribution in [0.3, 0.4) is 0 Å². The molecule has 1 heterocycles. The van der Waals surface area contributed by atoms with Crippen molar-refractivity contribution in [1.82, 2.24) is 10.3 Å². The Morgan fingerprint density at radius 3 is 2.85 bits per heavy atom. The van der Waals surface area contributed by atoms with Gasteiger partial charge in [-0.3, -0.25) is 0 Å². The predicted octanol–water partition coefficient (Wildman–Crippen LogP) is 3.33. The maximum atomic E-state index is 4.88. The van der Waals surface area contributed by atoms with Gasteiger partial charge in [-0.15, -0.1) is 0 Å². The lowest BCUT2D eigenvalue weighted by atomic mass is 10.1. The first-order valence-corrected chi connectivity index (χ1v) is 7.61. The van der Waals surface area contributed by atoms with Crippen molar-refractivity contribution in [2.75, 3.05) is 18.5 Å². The fourth-order valence-electron chi connectivity index (χ4n) is 2.59. The Bertz CT molecular complexity index is 590. The summed E-state index contributed by atoms with van der Waals surface area (Å²) >= 11 is 0. The quantitative estimate of drug-likeness (QED) is 0.872. The molecule has 1 aromatic carbocycles. The molecule has 0 bridgehead atoms. The van der Waals surface area contributed by atoms with Crippen LogP contribution in [0, 0.1) is 0 Å². The summed E-state index contributed by atoms with van der Waals surface area (Å²) in [6, 6.07) is 11.4. The van der Waals surface area contributed by atoms with Gasteiger partial charge >= 0.3 is 0 Å². The molecule has 1 fully saturated rings. The lowest BCUT2D eigenvalue weighted by Gasteiger charge is -2.21. The summed E-state index contributed by atoms with van der Waals surface area (Å²) in [5, 5.41) is 4.84. The van der Waals surface area contributed by atoms with Crippen molar-refractivity contribution >= 4 is 16.7 Å². The van der Waals surface area contributed by atoms with E-state index in [1.165, 1.54) is 23.8 Å². The summed E-state index contributed by atoms with van der Waals surface area (Å²) in [6.07, 6.45) is 3.78. The van der Waals surface area contributed by atoms with Gasteiger partial charge in [0.15, 0.2) is 0 Å². The number of pyridine rings is 1. The van der Waals surface area contributed by atoms with E-state index in [0.717, 1.165) is 36.9 Å². The van der Waals surface area contributed by atoms with Crippen LogP contribution in [-0.4, -0.2) is 24.6 Å². The molecule has 3 nitrogen and oxygen atoms in total. The van der Waals surface area contributed by atoms with Gasteiger partial charge in [0.05, 0.1) is 5.52 Å². The van der Waals surface area contributed by atoms with Gasteiger partial charge in [-0.05, 0) is 31.4 Å². The molecular formula is C17H23N3. The average Bonchev–Trinajstić information content (AvgIpc) is 3.28. The number of anilines is 1. The van der Waals surface area contributed by atoms with Crippen LogP contribution in [0.4, 0.5) is 5.82 Å². The molecule has 0 unspecified atom stereocenters. The standard InChI is InChI=1S/C17H23N3/c1-3-10-20(2)17-14(12-18-15-8-9-15)11-13-6-4-5-7-16(13)19-17/h4-7,11,15,18H,3,8-10,12H2,1-2H3. The molecule has 0 spiro atoms. The zero-order chi connectivity index (χ0) is 13.9. The molecular weight excluding hydrogens is 246 g/mol.